The SMILES string of the molecule is CC1CC(C)CC(NCc2cc(Br)c(Br)s2)C1. The van der Waals surface area contributed by atoms with Crippen LogP contribution in [-0.4, -0.2) is 6.04 Å². The van der Waals surface area contributed by atoms with Gasteiger partial charge in [0.05, 0.1) is 3.79 Å². The first-order chi connectivity index (χ1) is 8.04. The Morgan fingerprint density at radius 2 is 1.88 bits per heavy atom. The lowest BCUT2D eigenvalue weighted by Crippen LogP contribution is -2.35. The number of nitrogens with one attached hydrogen (secondary N) is 1. The average Bonchev–Trinajstić information content (AvgIpc) is 2.54. The van der Waals surface area contributed by atoms with Crippen LogP contribution in [0.1, 0.15) is 38.0 Å². The standard InChI is InChI=1S/C13H19Br2NS/c1-8-3-9(2)5-10(4-8)16-7-11-6-12(14)13(15)17-11/h6,8-10,16H,3-5,7H2,1-2H3. The first kappa shape index (κ1) is 14.0. The third-order valence-electron chi connectivity index (χ3n) is 3.44. The van der Waals surface area contributed by atoms with Crippen LogP contribution in [0.2, 0.25) is 0 Å². The van der Waals surface area contributed by atoms with Gasteiger partial charge in [0.15, 0.2) is 0 Å². The Morgan fingerprint density at radius 1 is 1.24 bits per heavy atom. The van der Waals surface area contributed by atoms with Crippen molar-refractivity contribution in [3.8, 4) is 0 Å². The largest absolute Gasteiger partial charge is 0.309 e. The minimum absolute atomic E-state index is 0.702. The molecule has 2 rings (SSSR count). The third-order valence-corrected chi connectivity index (χ3v) is 6.70. The van der Waals surface area contributed by atoms with Gasteiger partial charge in [-0.25, -0.2) is 0 Å². The first-order valence-electron chi connectivity index (χ1n) is 6.21. The van der Waals surface area contributed by atoms with Gasteiger partial charge >= 0.3 is 0 Å². The van der Waals surface area contributed by atoms with Crippen LogP contribution in [0.4, 0.5) is 0 Å². The molecule has 0 amide bonds. The first-order valence-corrected chi connectivity index (χ1v) is 8.62. The van der Waals surface area contributed by atoms with Crippen molar-refractivity contribution in [1.82, 2.24) is 5.32 Å². The Kier molecular flexibility index (Phi) is 5.10. The highest BCUT2D eigenvalue weighted by Gasteiger charge is 2.23. The van der Waals surface area contributed by atoms with E-state index in [-0.39, 0.29) is 0 Å². The van der Waals surface area contributed by atoms with E-state index >= 15 is 0 Å². The second-order valence-corrected chi connectivity index (χ2v) is 8.64. The van der Waals surface area contributed by atoms with E-state index in [0.29, 0.717) is 6.04 Å². The molecule has 96 valence electrons. The average molecular weight is 381 g/mol. The van der Waals surface area contributed by atoms with E-state index in [1.165, 1.54) is 32.4 Å². The molecule has 2 unspecified atom stereocenters. The predicted molar refractivity (Wildman–Crippen MR) is 82.5 cm³/mol. The highest BCUT2D eigenvalue weighted by Crippen LogP contribution is 2.33. The molecule has 1 nitrogen and oxygen atoms in total. The van der Waals surface area contributed by atoms with E-state index in [1.54, 1.807) is 0 Å². The van der Waals surface area contributed by atoms with Crippen LogP contribution < -0.4 is 5.32 Å². The van der Waals surface area contributed by atoms with Gasteiger partial charge in [-0.05, 0) is 69.0 Å². The summed E-state index contributed by atoms with van der Waals surface area (Å²) < 4.78 is 2.37. The summed E-state index contributed by atoms with van der Waals surface area (Å²) in [5.41, 5.74) is 0. The fourth-order valence-corrected chi connectivity index (χ4v) is 4.96. The molecule has 0 bridgehead atoms. The highest BCUT2D eigenvalue weighted by atomic mass is 79.9. The molecule has 0 aromatic carbocycles. The Balaban J connectivity index is 1.85. The van der Waals surface area contributed by atoms with Gasteiger partial charge in [-0.1, -0.05) is 13.8 Å². The fourth-order valence-electron chi connectivity index (χ4n) is 2.84. The van der Waals surface area contributed by atoms with Crippen molar-refractivity contribution < 1.29 is 0 Å². The Morgan fingerprint density at radius 3 is 2.41 bits per heavy atom. The van der Waals surface area contributed by atoms with Crippen LogP contribution in [0.3, 0.4) is 0 Å². The second kappa shape index (κ2) is 6.18. The van der Waals surface area contributed by atoms with Crippen LogP contribution in [0.5, 0.6) is 0 Å². The van der Waals surface area contributed by atoms with E-state index < -0.39 is 0 Å². The molecule has 1 aromatic heterocycles. The zero-order valence-corrected chi connectivity index (χ0v) is 14.3. The molecule has 0 radical (unpaired) electrons. The topological polar surface area (TPSA) is 12.0 Å². The smallest absolute Gasteiger partial charge is 0.0843 e. The maximum atomic E-state index is 3.71. The Bertz CT molecular complexity index is 348. The van der Waals surface area contributed by atoms with Gasteiger partial charge in [0.2, 0.25) is 0 Å². The molecule has 1 aliphatic carbocycles. The van der Waals surface area contributed by atoms with Gasteiger partial charge < -0.3 is 5.32 Å². The van der Waals surface area contributed by atoms with Gasteiger partial charge in [0, 0.05) is 21.9 Å². The number of thiophene rings is 1. The summed E-state index contributed by atoms with van der Waals surface area (Å²) in [6.45, 7) is 5.75. The number of hydrogen-bond acceptors (Lipinski definition) is 2. The molecule has 0 saturated heterocycles. The van der Waals surface area contributed by atoms with Crippen molar-refractivity contribution >= 4 is 43.2 Å². The van der Waals surface area contributed by atoms with Crippen molar-refractivity contribution in [2.75, 3.05) is 0 Å². The van der Waals surface area contributed by atoms with Crippen LogP contribution in [0.25, 0.3) is 0 Å². The summed E-state index contributed by atoms with van der Waals surface area (Å²) in [4.78, 5) is 1.40. The van der Waals surface area contributed by atoms with Crippen molar-refractivity contribution in [2.45, 2.75) is 45.7 Å². The highest BCUT2D eigenvalue weighted by molar-refractivity contribution is 9.13. The molecule has 0 spiro atoms. The van der Waals surface area contributed by atoms with E-state index in [1.807, 2.05) is 11.3 Å². The zero-order valence-electron chi connectivity index (χ0n) is 10.3. The van der Waals surface area contributed by atoms with Crippen LogP contribution in [0.15, 0.2) is 14.3 Å². The van der Waals surface area contributed by atoms with Crippen molar-refractivity contribution in [1.29, 1.82) is 0 Å². The molecule has 0 aliphatic heterocycles. The van der Waals surface area contributed by atoms with Gasteiger partial charge in [-0.15, -0.1) is 11.3 Å². The number of hydrogen-bond donors (Lipinski definition) is 1. The van der Waals surface area contributed by atoms with E-state index in [4.69, 9.17) is 0 Å². The minimum atomic E-state index is 0.702. The van der Waals surface area contributed by atoms with Gasteiger partial charge in [0.1, 0.15) is 0 Å². The van der Waals surface area contributed by atoms with Gasteiger partial charge in [-0.3, -0.25) is 0 Å². The van der Waals surface area contributed by atoms with Gasteiger partial charge in [-0.2, -0.15) is 0 Å². The summed E-state index contributed by atoms with van der Waals surface area (Å²) in [6.07, 6.45) is 4.06. The van der Waals surface area contributed by atoms with E-state index in [0.717, 1.165) is 18.4 Å². The molecular formula is C13H19Br2NS. The quantitative estimate of drug-likeness (QED) is 0.760. The van der Waals surface area contributed by atoms with Crippen LogP contribution >= 0.6 is 43.2 Å². The lowest BCUT2D eigenvalue weighted by Gasteiger charge is -2.32. The Hall–Kier alpha value is 0.620. The lowest BCUT2D eigenvalue weighted by atomic mass is 9.80. The van der Waals surface area contributed by atoms with E-state index in [9.17, 15) is 0 Å². The molecule has 4 heteroatoms. The van der Waals surface area contributed by atoms with Crippen molar-refractivity contribution in [3.63, 3.8) is 0 Å². The molecule has 2 atom stereocenters. The van der Waals surface area contributed by atoms with E-state index in [2.05, 4.69) is 57.1 Å². The maximum absolute atomic E-state index is 3.71. The summed E-state index contributed by atoms with van der Waals surface area (Å²) in [5, 5.41) is 3.71. The number of rotatable bonds is 3. The second-order valence-electron chi connectivity index (χ2n) is 5.33. The molecule has 1 fully saturated rings. The van der Waals surface area contributed by atoms with Crippen molar-refractivity contribution in [3.05, 3.63) is 19.2 Å². The molecule has 1 N–H and O–H groups in total. The summed E-state index contributed by atoms with van der Waals surface area (Å²) in [5.74, 6) is 1.75. The normalized spacial score (nSPS) is 29.5. The van der Waals surface area contributed by atoms with Crippen molar-refractivity contribution in [2.24, 2.45) is 11.8 Å². The summed E-state index contributed by atoms with van der Waals surface area (Å²) in [7, 11) is 0. The molecular weight excluding hydrogens is 362 g/mol. The Labute approximate surface area is 125 Å². The monoisotopic (exact) mass is 379 g/mol. The number of halogens is 2. The molecule has 1 saturated carbocycles. The molecule has 1 aromatic rings. The summed E-state index contributed by atoms with van der Waals surface area (Å²) >= 11 is 8.89. The zero-order chi connectivity index (χ0) is 12.4. The summed E-state index contributed by atoms with van der Waals surface area (Å²) in [6, 6.07) is 2.91. The minimum Gasteiger partial charge on any atom is -0.309 e. The predicted octanol–water partition coefficient (Wildman–Crippen LogP) is 5.19. The molecule has 17 heavy (non-hydrogen) atoms. The molecule has 1 heterocycles. The van der Waals surface area contributed by atoms with Gasteiger partial charge in [0.25, 0.3) is 0 Å². The third kappa shape index (κ3) is 4.05. The lowest BCUT2D eigenvalue weighted by molar-refractivity contribution is 0.238. The van der Waals surface area contributed by atoms with Crippen LogP contribution in [-0.2, 0) is 6.54 Å². The fraction of sp³-hybridized carbons (Fsp3) is 0.692. The van der Waals surface area contributed by atoms with Crippen LogP contribution in [0, 0.1) is 11.8 Å². The maximum Gasteiger partial charge on any atom is 0.0843 e. The molecule has 1 aliphatic rings.